The molecule has 0 saturated carbocycles. The number of nitrogens with one attached hydrogen (secondary N) is 2. The van der Waals surface area contributed by atoms with E-state index in [4.69, 9.17) is 4.74 Å². The van der Waals surface area contributed by atoms with Crippen LogP contribution in [0, 0.1) is 5.82 Å². The maximum atomic E-state index is 13.7. The highest BCUT2D eigenvalue weighted by atomic mass is 19.1. The standard InChI is InChI=1S/C17H15FN2O3/c1-17(2)16(22)20-14-12(8-5-9-13(14)23-17)19-15(21)10-6-3-4-7-11(10)18/h3-9H,1-2H3,(H,19,21)(H,20,22). The van der Waals surface area contributed by atoms with Gasteiger partial charge in [0.25, 0.3) is 11.8 Å². The minimum Gasteiger partial charge on any atom is -0.476 e. The van der Waals surface area contributed by atoms with Gasteiger partial charge in [0.2, 0.25) is 0 Å². The van der Waals surface area contributed by atoms with E-state index in [-0.39, 0.29) is 11.5 Å². The summed E-state index contributed by atoms with van der Waals surface area (Å²) in [5.74, 6) is -1.09. The molecule has 0 saturated heterocycles. The molecule has 118 valence electrons. The summed E-state index contributed by atoms with van der Waals surface area (Å²) in [5.41, 5.74) is -0.365. The molecule has 0 atom stereocenters. The highest BCUT2D eigenvalue weighted by molar-refractivity contribution is 6.09. The molecule has 0 aliphatic carbocycles. The number of halogens is 1. The maximum Gasteiger partial charge on any atom is 0.268 e. The van der Waals surface area contributed by atoms with Gasteiger partial charge >= 0.3 is 0 Å². The molecular weight excluding hydrogens is 299 g/mol. The van der Waals surface area contributed by atoms with Crippen molar-refractivity contribution in [3.05, 3.63) is 53.8 Å². The van der Waals surface area contributed by atoms with Crippen LogP contribution in [0.5, 0.6) is 5.75 Å². The lowest BCUT2D eigenvalue weighted by Gasteiger charge is -2.32. The summed E-state index contributed by atoms with van der Waals surface area (Å²) in [6, 6.07) is 10.7. The van der Waals surface area contributed by atoms with Crippen LogP contribution < -0.4 is 15.4 Å². The number of ether oxygens (including phenoxy) is 1. The Morgan fingerprint density at radius 3 is 2.65 bits per heavy atom. The van der Waals surface area contributed by atoms with Crippen LogP contribution in [-0.4, -0.2) is 17.4 Å². The van der Waals surface area contributed by atoms with E-state index in [2.05, 4.69) is 10.6 Å². The van der Waals surface area contributed by atoms with Gasteiger partial charge in [-0.05, 0) is 38.1 Å². The van der Waals surface area contributed by atoms with Gasteiger partial charge in [-0.15, -0.1) is 0 Å². The number of carbonyl (C=O) groups excluding carboxylic acids is 2. The van der Waals surface area contributed by atoms with E-state index in [1.54, 1.807) is 38.1 Å². The molecule has 2 amide bonds. The third-order valence-corrected chi connectivity index (χ3v) is 3.54. The third kappa shape index (κ3) is 2.75. The number of benzene rings is 2. The van der Waals surface area contributed by atoms with Crippen molar-refractivity contribution in [3.63, 3.8) is 0 Å². The van der Waals surface area contributed by atoms with Gasteiger partial charge < -0.3 is 15.4 Å². The number of rotatable bonds is 2. The molecule has 1 aliphatic heterocycles. The Bertz CT molecular complexity index is 802. The molecule has 0 aromatic heterocycles. The average molecular weight is 314 g/mol. The fourth-order valence-electron chi connectivity index (χ4n) is 2.27. The SMILES string of the molecule is CC1(C)Oc2cccc(NC(=O)c3ccccc3F)c2NC1=O. The Morgan fingerprint density at radius 1 is 1.17 bits per heavy atom. The highest BCUT2D eigenvalue weighted by Gasteiger charge is 2.36. The Labute approximate surface area is 132 Å². The number of anilines is 2. The first-order valence-corrected chi connectivity index (χ1v) is 7.08. The molecule has 0 radical (unpaired) electrons. The van der Waals surface area contributed by atoms with E-state index >= 15 is 0 Å². The molecule has 2 aromatic carbocycles. The largest absolute Gasteiger partial charge is 0.476 e. The Hall–Kier alpha value is -2.89. The number of fused-ring (bicyclic) bond motifs is 1. The van der Waals surface area contributed by atoms with E-state index in [1.807, 2.05) is 0 Å². The molecule has 3 rings (SSSR count). The normalized spacial score (nSPS) is 15.2. The molecule has 23 heavy (non-hydrogen) atoms. The van der Waals surface area contributed by atoms with Gasteiger partial charge in [-0.2, -0.15) is 0 Å². The number of para-hydroxylation sites is 1. The second kappa shape index (κ2) is 5.39. The molecule has 0 unspecified atom stereocenters. The van der Waals surface area contributed by atoms with Crippen LogP contribution in [0.25, 0.3) is 0 Å². The predicted molar refractivity (Wildman–Crippen MR) is 84.1 cm³/mol. The lowest BCUT2D eigenvalue weighted by Crippen LogP contribution is -2.45. The molecule has 2 N–H and O–H groups in total. The molecule has 2 aromatic rings. The lowest BCUT2D eigenvalue weighted by atomic mass is 10.1. The quantitative estimate of drug-likeness (QED) is 0.894. The first-order chi connectivity index (χ1) is 10.9. The molecule has 1 aliphatic rings. The molecular formula is C17H15FN2O3. The first-order valence-electron chi connectivity index (χ1n) is 7.08. The lowest BCUT2D eigenvalue weighted by molar-refractivity contribution is -0.129. The monoisotopic (exact) mass is 314 g/mol. The Balaban J connectivity index is 1.93. The van der Waals surface area contributed by atoms with Crippen LogP contribution in [0.15, 0.2) is 42.5 Å². The second-order valence-corrected chi connectivity index (χ2v) is 5.68. The van der Waals surface area contributed by atoms with Crippen molar-refractivity contribution < 1.29 is 18.7 Å². The van der Waals surface area contributed by atoms with E-state index in [0.717, 1.165) is 0 Å². The van der Waals surface area contributed by atoms with Crippen molar-refractivity contribution >= 4 is 23.2 Å². The minimum atomic E-state index is -0.999. The fraction of sp³-hybridized carbons (Fsp3) is 0.176. The number of hydrogen-bond acceptors (Lipinski definition) is 3. The zero-order valence-corrected chi connectivity index (χ0v) is 12.6. The molecule has 0 fully saturated rings. The highest BCUT2D eigenvalue weighted by Crippen LogP contribution is 2.39. The topological polar surface area (TPSA) is 67.4 Å². The van der Waals surface area contributed by atoms with Gasteiger partial charge in [0, 0.05) is 0 Å². The summed E-state index contributed by atoms with van der Waals surface area (Å²) in [5, 5.41) is 5.32. The molecule has 5 nitrogen and oxygen atoms in total. The van der Waals surface area contributed by atoms with Crippen molar-refractivity contribution in [2.75, 3.05) is 10.6 Å². The number of hydrogen-bond donors (Lipinski definition) is 2. The first kappa shape index (κ1) is 15.0. The van der Waals surface area contributed by atoms with Crippen LogP contribution in [0.1, 0.15) is 24.2 Å². The maximum absolute atomic E-state index is 13.7. The van der Waals surface area contributed by atoms with Gasteiger partial charge in [-0.1, -0.05) is 18.2 Å². The van der Waals surface area contributed by atoms with Crippen molar-refractivity contribution in [3.8, 4) is 5.75 Å². The zero-order valence-electron chi connectivity index (χ0n) is 12.6. The van der Waals surface area contributed by atoms with Gasteiger partial charge in [0.15, 0.2) is 5.60 Å². The van der Waals surface area contributed by atoms with Crippen LogP contribution in [0.4, 0.5) is 15.8 Å². The summed E-state index contributed by atoms with van der Waals surface area (Å²) in [6.07, 6.45) is 0. The van der Waals surface area contributed by atoms with Crippen LogP contribution >= 0.6 is 0 Å². The molecule has 0 spiro atoms. The number of amides is 2. The third-order valence-electron chi connectivity index (χ3n) is 3.54. The fourth-order valence-corrected chi connectivity index (χ4v) is 2.27. The van der Waals surface area contributed by atoms with E-state index < -0.39 is 17.3 Å². The van der Waals surface area contributed by atoms with Gasteiger partial charge in [0.05, 0.1) is 11.3 Å². The van der Waals surface area contributed by atoms with E-state index in [9.17, 15) is 14.0 Å². The zero-order chi connectivity index (χ0) is 16.6. The van der Waals surface area contributed by atoms with Gasteiger partial charge in [-0.25, -0.2) is 4.39 Å². The summed E-state index contributed by atoms with van der Waals surface area (Å²) >= 11 is 0. The summed E-state index contributed by atoms with van der Waals surface area (Å²) in [4.78, 5) is 24.3. The minimum absolute atomic E-state index is 0.0755. The van der Waals surface area contributed by atoms with E-state index in [1.165, 1.54) is 18.2 Å². The predicted octanol–water partition coefficient (Wildman–Crippen LogP) is 3.19. The van der Waals surface area contributed by atoms with Crippen molar-refractivity contribution in [1.29, 1.82) is 0 Å². The van der Waals surface area contributed by atoms with E-state index in [0.29, 0.717) is 17.1 Å². The van der Waals surface area contributed by atoms with Crippen molar-refractivity contribution in [1.82, 2.24) is 0 Å². The van der Waals surface area contributed by atoms with Gasteiger partial charge in [-0.3, -0.25) is 9.59 Å². The Morgan fingerprint density at radius 2 is 1.91 bits per heavy atom. The smallest absolute Gasteiger partial charge is 0.268 e. The summed E-state index contributed by atoms with van der Waals surface area (Å²) < 4.78 is 19.3. The average Bonchev–Trinajstić information content (AvgIpc) is 2.49. The molecule has 0 bridgehead atoms. The number of carbonyl (C=O) groups is 2. The summed E-state index contributed by atoms with van der Waals surface area (Å²) in [6.45, 7) is 3.30. The van der Waals surface area contributed by atoms with Crippen molar-refractivity contribution in [2.24, 2.45) is 0 Å². The Kier molecular flexibility index (Phi) is 3.52. The molecule has 1 heterocycles. The van der Waals surface area contributed by atoms with Gasteiger partial charge in [0.1, 0.15) is 17.3 Å². The summed E-state index contributed by atoms with van der Waals surface area (Å²) in [7, 11) is 0. The van der Waals surface area contributed by atoms with Crippen molar-refractivity contribution in [2.45, 2.75) is 19.4 Å². The van der Waals surface area contributed by atoms with Crippen LogP contribution in [0.2, 0.25) is 0 Å². The van der Waals surface area contributed by atoms with Crippen LogP contribution in [-0.2, 0) is 4.79 Å². The second-order valence-electron chi connectivity index (χ2n) is 5.68. The van der Waals surface area contributed by atoms with Crippen LogP contribution in [0.3, 0.4) is 0 Å². The molecule has 6 heteroatoms.